The summed E-state index contributed by atoms with van der Waals surface area (Å²) in [4.78, 5) is 23.8. The molecule has 0 aliphatic rings. The smallest absolute Gasteiger partial charge is 0.251 e. The molecule has 0 saturated carbocycles. The van der Waals surface area contributed by atoms with Gasteiger partial charge in [0.15, 0.2) is 5.82 Å². The summed E-state index contributed by atoms with van der Waals surface area (Å²) in [5.74, 6) is -0.166. The van der Waals surface area contributed by atoms with E-state index in [9.17, 15) is 9.59 Å². The lowest BCUT2D eigenvalue weighted by atomic mass is 10.2. The van der Waals surface area contributed by atoms with Crippen molar-refractivity contribution in [1.82, 2.24) is 15.5 Å². The van der Waals surface area contributed by atoms with Gasteiger partial charge in [0.2, 0.25) is 5.91 Å². The number of aromatic nitrogens is 2. The molecule has 2 rings (SSSR count). The van der Waals surface area contributed by atoms with Crippen LogP contribution >= 0.6 is 0 Å². The first-order chi connectivity index (χ1) is 9.56. The van der Waals surface area contributed by atoms with Gasteiger partial charge in [0.25, 0.3) is 5.91 Å². The Balaban J connectivity index is 1.92. The van der Waals surface area contributed by atoms with Gasteiger partial charge in [-0.1, -0.05) is 18.2 Å². The summed E-state index contributed by atoms with van der Waals surface area (Å²) in [6, 6.07) is 9.81. The van der Waals surface area contributed by atoms with Crippen LogP contribution in [0.3, 0.4) is 0 Å². The molecule has 1 atom stereocenters. The average Bonchev–Trinajstić information content (AvgIpc) is 2.85. The molecule has 0 radical (unpaired) electrons. The Kier molecular flexibility index (Phi) is 4.14. The summed E-state index contributed by atoms with van der Waals surface area (Å²) >= 11 is 0. The molecule has 1 unspecified atom stereocenters. The topological polar surface area (TPSA) is 86.9 Å². The maximum absolute atomic E-state index is 11.9. The standard InChI is InChI=1S/C14H16N4O2/c1-9-8-12(18-17-9)16-13(19)10(2)15-14(20)11-6-4-3-5-7-11/h3-8,10H,1-2H3,(H,15,20)(H2,16,17,18,19). The van der Waals surface area contributed by atoms with Gasteiger partial charge < -0.3 is 10.6 Å². The number of carbonyl (C=O) groups is 2. The van der Waals surface area contributed by atoms with Crippen LogP contribution in [0.1, 0.15) is 23.0 Å². The number of anilines is 1. The minimum absolute atomic E-state index is 0.286. The summed E-state index contributed by atoms with van der Waals surface area (Å²) in [5, 5.41) is 11.9. The molecular formula is C14H16N4O2. The monoisotopic (exact) mass is 272 g/mol. The second kappa shape index (κ2) is 6.01. The van der Waals surface area contributed by atoms with Gasteiger partial charge in [-0.3, -0.25) is 14.7 Å². The average molecular weight is 272 g/mol. The van der Waals surface area contributed by atoms with Gasteiger partial charge in [0.1, 0.15) is 6.04 Å². The van der Waals surface area contributed by atoms with Crippen molar-refractivity contribution in [3.05, 3.63) is 47.7 Å². The number of amides is 2. The number of aryl methyl sites for hydroxylation is 1. The summed E-state index contributed by atoms with van der Waals surface area (Å²) in [6.07, 6.45) is 0. The van der Waals surface area contributed by atoms with Crippen molar-refractivity contribution < 1.29 is 9.59 Å². The third kappa shape index (κ3) is 3.44. The summed E-state index contributed by atoms with van der Waals surface area (Å²) in [5.41, 5.74) is 1.36. The predicted octanol–water partition coefficient (Wildman–Crippen LogP) is 1.48. The van der Waals surface area contributed by atoms with E-state index < -0.39 is 6.04 Å². The fourth-order valence-corrected chi connectivity index (χ4v) is 1.65. The minimum atomic E-state index is -0.653. The number of benzene rings is 1. The van der Waals surface area contributed by atoms with Crippen molar-refractivity contribution in [2.45, 2.75) is 19.9 Å². The Morgan fingerprint density at radius 3 is 2.55 bits per heavy atom. The molecule has 1 heterocycles. The molecule has 3 N–H and O–H groups in total. The number of aromatic amines is 1. The second-order valence-electron chi connectivity index (χ2n) is 4.49. The molecule has 6 nitrogen and oxygen atoms in total. The van der Waals surface area contributed by atoms with Crippen molar-refractivity contribution in [3.63, 3.8) is 0 Å². The normalized spacial score (nSPS) is 11.7. The summed E-state index contributed by atoms with van der Waals surface area (Å²) in [7, 11) is 0. The number of carbonyl (C=O) groups excluding carboxylic acids is 2. The molecule has 0 saturated heterocycles. The van der Waals surface area contributed by atoms with Gasteiger partial charge in [-0.2, -0.15) is 5.10 Å². The van der Waals surface area contributed by atoms with Gasteiger partial charge in [-0.25, -0.2) is 0 Å². The largest absolute Gasteiger partial charge is 0.341 e. The van der Waals surface area contributed by atoms with Gasteiger partial charge in [0.05, 0.1) is 0 Å². The lowest BCUT2D eigenvalue weighted by Gasteiger charge is -2.13. The molecule has 20 heavy (non-hydrogen) atoms. The zero-order valence-corrected chi connectivity index (χ0v) is 11.3. The molecule has 1 aromatic heterocycles. The van der Waals surface area contributed by atoms with E-state index in [0.717, 1.165) is 5.69 Å². The molecule has 2 amide bonds. The third-order valence-corrected chi connectivity index (χ3v) is 2.73. The van der Waals surface area contributed by atoms with E-state index in [1.807, 2.05) is 13.0 Å². The van der Waals surface area contributed by atoms with E-state index in [2.05, 4.69) is 20.8 Å². The Morgan fingerprint density at radius 2 is 1.95 bits per heavy atom. The van der Waals surface area contributed by atoms with E-state index >= 15 is 0 Å². The highest BCUT2D eigenvalue weighted by molar-refractivity contribution is 6.00. The quantitative estimate of drug-likeness (QED) is 0.787. The maximum atomic E-state index is 11.9. The van der Waals surface area contributed by atoms with Crippen LogP contribution in [0.2, 0.25) is 0 Å². The zero-order valence-electron chi connectivity index (χ0n) is 11.3. The van der Waals surface area contributed by atoms with Crippen molar-refractivity contribution in [2.24, 2.45) is 0 Å². The molecule has 104 valence electrons. The van der Waals surface area contributed by atoms with Crippen LogP contribution in [0, 0.1) is 6.92 Å². The highest BCUT2D eigenvalue weighted by atomic mass is 16.2. The van der Waals surface area contributed by atoms with E-state index in [1.165, 1.54) is 0 Å². The Labute approximate surface area is 116 Å². The van der Waals surface area contributed by atoms with Gasteiger partial charge in [0, 0.05) is 17.3 Å². The second-order valence-corrected chi connectivity index (χ2v) is 4.49. The van der Waals surface area contributed by atoms with E-state index in [0.29, 0.717) is 11.4 Å². The van der Waals surface area contributed by atoms with Gasteiger partial charge in [-0.15, -0.1) is 0 Å². The fraction of sp³-hybridized carbons (Fsp3) is 0.214. The molecule has 0 aliphatic heterocycles. The lowest BCUT2D eigenvalue weighted by molar-refractivity contribution is -0.117. The number of hydrogen-bond donors (Lipinski definition) is 3. The molecule has 0 fully saturated rings. The maximum Gasteiger partial charge on any atom is 0.251 e. The molecule has 2 aromatic rings. The SMILES string of the molecule is Cc1cc(NC(=O)C(C)NC(=O)c2ccccc2)n[nH]1. The molecule has 0 bridgehead atoms. The first-order valence-electron chi connectivity index (χ1n) is 6.25. The van der Waals surface area contributed by atoms with Gasteiger partial charge >= 0.3 is 0 Å². The minimum Gasteiger partial charge on any atom is -0.341 e. The first-order valence-corrected chi connectivity index (χ1v) is 6.25. The summed E-state index contributed by atoms with van der Waals surface area (Å²) in [6.45, 7) is 3.46. The van der Waals surface area contributed by atoms with Crippen molar-refractivity contribution in [2.75, 3.05) is 5.32 Å². The van der Waals surface area contributed by atoms with E-state index in [1.54, 1.807) is 37.3 Å². The summed E-state index contributed by atoms with van der Waals surface area (Å²) < 4.78 is 0. The Hall–Kier alpha value is -2.63. The van der Waals surface area contributed by atoms with Crippen LogP contribution in [0.25, 0.3) is 0 Å². The molecule has 0 aliphatic carbocycles. The third-order valence-electron chi connectivity index (χ3n) is 2.73. The van der Waals surface area contributed by atoms with Crippen LogP contribution in [-0.4, -0.2) is 28.1 Å². The lowest BCUT2D eigenvalue weighted by Crippen LogP contribution is -2.41. The number of nitrogens with one attached hydrogen (secondary N) is 3. The number of hydrogen-bond acceptors (Lipinski definition) is 3. The van der Waals surface area contributed by atoms with E-state index in [4.69, 9.17) is 0 Å². The van der Waals surface area contributed by atoms with Crippen molar-refractivity contribution >= 4 is 17.6 Å². The predicted molar refractivity (Wildman–Crippen MR) is 75.3 cm³/mol. The van der Waals surface area contributed by atoms with Crippen LogP contribution < -0.4 is 10.6 Å². The Morgan fingerprint density at radius 1 is 1.25 bits per heavy atom. The number of nitrogens with zero attached hydrogens (tertiary/aromatic N) is 1. The Bertz CT molecular complexity index is 607. The zero-order chi connectivity index (χ0) is 14.5. The molecule has 1 aromatic carbocycles. The highest BCUT2D eigenvalue weighted by Crippen LogP contribution is 2.05. The van der Waals surface area contributed by atoms with E-state index in [-0.39, 0.29) is 11.8 Å². The molecule has 6 heteroatoms. The van der Waals surface area contributed by atoms with Crippen LogP contribution in [0.15, 0.2) is 36.4 Å². The first kappa shape index (κ1) is 13.8. The molecular weight excluding hydrogens is 256 g/mol. The fourth-order valence-electron chi connectivity index (χ4n) is 1.65. The number of H-pyrrole nitrogens is 1. The van der Waals surface area contributed by atoms with Crippen LogP contribution in [-0.2, 0) is 4.79 Å². The highest BCUT2D eigenvalue weighted by Gasteiger charge is 2.17. The van der Waals surface area contributed by atoms with Crippen molar-refractivity contribution in [1.29, 1.82) is 0 Å². The number of rotatable bonds is 4. The van der Waals surface area contributed by atoms with Crippen molar-refractivity contribution in [3.8, 4) is 0 Å². The van der Waals surface area contributed by atoms with Crippen LogP contribution in [0.4, 0.5) is 5.82 Å². The molecule has 0 spiro atoms. The van der Waals surface area contributed by atoms with Crippen LogP contribution in [0.5, 0.6) is 0 Å². The van der Waals surface area contributed by atoms with Gasteiger partial charge in [-0.05, 0) is 26.0 Å².